The van der Waals surface area contributed by atoms with Crippen LogP contribution in [-0.2, 0) is 11.0 Å². The van der Waals surface area contributed by atoms with E-state index in [0.717, 1.165) is 28.5 Å². The number of halogens is 5. The third kappa shape index (κ3) is 6.04. The summed E-state index contributed by atoms with van der Waals surface area (Å²) in [6, 6.07) is 18.9. The average molecular weight is 533 g/mol. The van der Waals surface area contributed by atoms with Crippen LogP contribution in [0, 0.1) is 6.92 Å². The molecule has 0 saturated carbocycles. The van der Waals surface area contributed by atoms with Crippen molar-refractivity contribution in [1.82, 2.24) is 0 Å². The fourth-order valence-corrected chi connectivity index (χ4v) is 4.15. The van der Waals surface area contributed by atoms with Gasteiger partial charge in [0.1, 0.15) is 5.75 Å². The van der Waals surface area contributed by atoms with Crippen LogP contribution in [0.5, 0.6) is 5.75 Å². The number of nitrogens with one attached hydrogen (secondary N) is 2. The van der Waals surface area contributed by atoms with Gasteiger partial charge in [0.15, 0.2) is 6.10 Å². The normalized spacial score (nSPS) is 12.3. The molecule has 0 aliphatic heterocycles. The minimum atomic E-state index is -4.42. The summed E-state index contributed by atoms with van der Waals surface area (Å²) in [7, 11) is 0. The lowest BCUT2D eigenvalue weighted by Gasteiger charge is -2.16. The maximum atomic E-state index is 13.0. The van der Waals surface area contributed by atoms with Crippen molar-refractivity contribution in [2.45, 2.75) is 26.1 Å². The zero-order valence-corrected chi connectivity index (χ0v) is 20.7. The Morgan fingerprint density at radius 2 is 1.69 bits per heavy atom. The first-order chi connectivity index (χ1) is 17.0. The molecule has 0 saturated heterocycles. The second-order valence-electron chi connectivity index (χ2n) is 8.26. The fourth-order valence-electron chi connectivity index (χ4n) is 3.69. The summed E-state index contributed by atoms with van der Waals surface area (Å²) in [6.07, 6.45) is -5.24. The van der Waals surface area contributed by atoms with Gasteiger partial charge in [-0.05, 0) is 90.8 Å². The Bertz CT molecular complexity index is 1440. The van der Waals surface area contributed by atoms with Crippen LogP contribution in [0.15, 0.2) is 72.8 Å². The molecular formula is C27H21Cl2F3N2O2. The number of hydrogen-bond acceptors (Lipinski definition) is 3. The molecule has 0 fully saturated rings. The lowest BCUT2D eigenvalue weighted by Crippen LogP contribution is -2.30. The molecule has 0 bridgehead atoms. The average Bonchev–Trinajstić information content (AvgIpc) is 2.81. The number of amides is 1. The van der Waals surface area contributed by atoms with Crippen molar-refractivity contribution in [1.29, 1.82) is 0 Å². The second-order valence-corrected chi connectivity index (χ2v) is 9.10. The van der Waals surface area contributed by atoms with Crippen LogP contribution in [0.25, 0.3) is 10.8 Å². The summed E-state index contributed by atoms with van der Waals surface area (Å²) in [5.41, 5.74) is 1.73. The number of benzene rings is 4. The van der Waals surface area contributed by atoms with Gasteiger partial charge in [0.2, 0.25) is 0 Å². The summed E-state index contributed by atoms with van der Waals surface area (Å²) < 4.78 is 44.7. The van der Waals surface area contributed by atoms with Gasteiger partial charge in [-0.1, -0.05) is 35.3 Å². The Hall–Kier alpha value is -3.42. The minimum Gasteiger partial charge on any atom is -0.479 e. The maximum Gasteiger partial charge on any atom is 0.416 e. The van der Waals surface area contributed by atoms with E-state index in [2.05, 4.69) is 10.6 Å². The van der Waals surface area contributed by atoms with Crippen LogP contribution >= 0.6 is 23.2 Å². The van der Waals surface area contributed by atoms with Crippen LogP contribution in [-0.4, -0.2) is 12.0 Å². The molecule has 0 heterocycles. The van der Waals surface area contributed by atoms with Gasteiger partial charge in [-0.15, -0.1) is 0 Å². The summed E-state index contributed by atoms with van der Waals surface area (Å²) in [5, 5.41) is 8.38. The number of hydrogen-bond donors (Lipinski definition) is 2. The first-order valence-electron chi connectivity index (χ1n) is 10.9. The molecule has 1 atom stereocenters. The highest BCUT2D eigenvalue weighted by atomic mass is 35.5. The third-order valence-corrected chi connectivity index (χ3v) is 6.00. The largest absolute Gasteiger partial charge is 0.479 e. The van der Waals surface area contributed by atoms with Crippen LogP contribution in [0.4, 0.5) is 30.2 Å². The summed E-state index contributed by atoms with van der Waals surface area (Å²) >= 11 is 12.0. The monoisotopic (exact) mass is 532 g/mol. The van der Waals surface area contributed by atoms with Crippen molar-refractivity contribution in [3.63, 3.8) is 0 Å². The van der Waals surface area contributed by atoms with E-state index >= 15 is 0 Å². The van der Waals surface area contributed by atoms with E-state index in [1.54, 1.807) is 31.2 Å². The molecule has 0 aliphatic rings. The number of carbonyl (C=O) groups is 1. The smallest absolute Gasteiger partial charge is 0.416 e. The quantitative estimate of drug-likeness (QED) is 0.261. The topological polar surface area (TPSA) is 50.4 Å². The van der Waals surface area contributed by atoms with Crippen molar-refractivity contribution in [2.75, 3.05) is 10.6 Å². The molecule has 1 unspecified atom stereocenters. The number of ether oxygens (including phenoxy) is 1. The molecule has 4 rings (SSSR count). The van der Waals surface area contributed by atoms with Crippen LogP contribution < -0.4 is 15.4 Å². The van der Waals surface area contributed by atoms with Gasteiger partial charge in [-0.3, -0.25) is 4.79 Å². The number of aryl methyl sites for hydroxylation is 1. The Labute approximate surface area is 216 Å². The van der Waals surface area contributed by atoms with E-state index in [1.807, 2.05) is 31.2 Å². The van der Waals surface area contributed by atoms with Gasteiger partial charge in [0.05, 0.1) is 10.6 Å². The second kappa shape index (κ2) is 10.3. The number of anilines is 3. The number of alkyl halides is 3. The molecular weight excluding hydrogens is 512 g/mol. The first kappa shape index (κ1) is 25.7. The fraction of sp³-hybridized carbons (Fsp3) is 0.148. The molecule has 0 radical (unpaired) electrons. The van der Waals surface area contributed by atoms with Gasteiger partial charge in [-0.2, -0.15) is 13.2 Å². The van der Waals surface area contributed by atoms with Crippen molar-refractivity contribution in [2.24, 2.45) is 0 Å². The lowest BCUT2D eigenvalue weighted by atomic mass is 10.0. The molecule has 4 nitrogen and oxygen atoms in total. The lowest BCUT2D eigenvalue weighted by molar-refractivity contribution is -0.137. The molecule has 2 N–H and O–H groups in total. The zero-order valence-electron chi connectivity index (χ0n) is 19.2. The zero-order chi connectivity index (χ0) is 26.0. The van der Waals surface area contributed by atoms with Crippen LogP contribution in [0.1, 0.15) is 18.1 Å². The predicted molar refractivity (Wildman–Crippen MR) is 139 cm³/mol. The Morgan fingerprint density at radius 3 is 2.42 bits per heavy atom. The van der Waals surface area contributed by atoms with E-state index in [-0.39, 0.29) is 5.91 Å². The third-order valence-electron chi connectivity index (χ3n) is 5.47. The van der Waals surface area contributed by atoms with Gasteiger partial charge in [-0.25, -0.2) is 0 Å². The highest BCUT2D eigenvalue weighted by Crippen LogP contribution is 2.33. The molecule has 0 aromatic heterocycles. The summed E-state index contributed by atoms with van der Waals surface area (Å²) in [6.45, 7) is 3.50. The highest BCUT2D eigenvalue weighted by Gasteiger charge is 2.30. The molecule has 1 amide bonds. The van der Waals surface area contributed by atoms with E-state index < -0.39 is 17.8 Å². The molecule has 4 aromatic rings. The minimum absolute atomic E-state index is 0.304. The van der Waals surface area contributed by atoms with Crippen LogP contribution in [0.3, 0.4) is 0 Å². The van der Waals surface area contributed by atoms with E-state index in [9.17, 15) is 18.0 Å². The Kier molecular flexibility index (Phi) is 7.33. The van der Waals surface area contributed by atoms with Gasteiger partial charge in [0.25, 0.3) is 5.91 Å². The van der Waals surface area contributed by atoms with Gasteiger partial charge in [0, 0.05) is 22.1 Å². The Balaban J connectivity index is 1.49. The molecule has 36 heavy (non-hydrogen) atoms. The van der Waals surface area contributed by atoms with Crippen molar-refractivity contribution >= 4 is 56.9 Å². The Morgan fingerprint density at radius 1 is 0.917 bits per heavy atom. The van der Waals surface area contributed by atoms with Crippen LogP contribution in [0.2, 0.25) is 10.0 Å². The van der Waals surface area contributed by atoms with Crippen molar-refractivity contribution in [3.05, 3.63) is 94.0 Å². The SMILES string of the molecule is Cc1cc(Nc2cccc(C(F)(F)F)c2)cc2ccc(NC(=O)C(C)Oc3ccc(Cl)cc3Cl)cc12. The molecule has 0 spiro atoms. The van der Waals surface area contributed by atoms with E-state index in [4.69, 9.17) is 27.9 Å². The van der Waals surface area contributed by atoms with E-state index in [0.29, 0.717) is 32.9 Å². The van der Waals surface area contributed by atoms with Gasteiger partial charge >= 0.3 is 6.18 Å². The molecule has 9 heteroatoms. The standard InChI is InChI=1S/C27H21Cl2F3N2O2/c1-15-10-22(33-20-5-3-4-18(12-20)27(30,31)32)11-17-6-8-21(14-23(15)17)34-26(35)16(2)36-25-9-7-19(28)13-24(25)29/h3-14,16,33H,1-2H3,(H,34,35). The number of rotatable bonds is 6. The highest BCUT2D eigenvalue weighted by molar-refractivity contribution is 6.35. The van der Waals surface area contributed by atoms with Gasteiger partial charge < -0.3 is 15.4 Å². The maximum absolute atomic E-state index is 13.0. The number of carbonyl (C=O) groups excluding carboxylic acids is 1. The van der Waals surface area contributed by atoms with Crippen molar-refractivity contribution < 1.29 is 22.7 Å². The first-order valence-corrected chi connectivity index (χ1v) is 11.7. The number of fused-ring (bicyclic) bond motifs is 1. The molecule has 0 aliphatic carbocycles. The summed E-state index contributed by atoms with van der Waals surface area (Å²) in [5.74, 6) is -0.0141. The molecule has 186 valence electrons. The van der Waals surface area contributed by atoms with Crippen molar-refractivity contribution in [3.8, 4) is 5.75 Å². The molecule has 4 aromatic carbocycles. The van der Waals surface area contributed by atoms with E-state index in [1.165, 1.54) is 12.1 Å². The predicted octanol–water partition coefficient (Wildman–Crippen LogP) is 8.62. The summed E-state index contributed by atoms with van der Waals surface area (Å²) in [4.78, 5) is 12.7.